The minimum atomic E-state index is -0.156. The van der Waals surface area contributed by atoms with Gasteiger partial charge in [-0.1, -0.05) is 20.8 Å². The lowest BCUT2D eigenvalue weighted by Crippen LogP contribution is -2.16. The first-order valence-electron chi connectivity index (χ1n) is 6.29. The highest BCUT2D eigenvalue weighted by atomic mass is 79.9. The third-order valence-electron chi connectivity index (χ3n) is 2.90. The summed E-state index contributed by atoms with van der Waals surface area (Å²) in [4.78, 5) is 9.07. The Morgan fingerprint density at radius 1 is 1.35 bits per heavy atom. The van der Waals surface area contributed by atoms with Crippen LogP contribution in [-0.4, -0.2) is 9.97 Å². The van der Waals surface area contributed by atoms with Gasteiger partial charge in [0.2, 0.25) is 0 Å². The molecule has 0 bridgehead atoms. The summed E-state index contributed by atoms with van der Waals surface area (Å²) in [7, 11) is 0. The van der Waals surface area contributed by atoms with Gasteiger partial charge in [-0.05, 0) is 37.9 Å². The number of nitrogens with two attached hydrogens (primary N) is 1. The zero-order valence-electron chi connectivity index (χ0n) is 11.7. The highest BCUT2D eigenvalue weighted by Gasteiger charge is 2.19. The van der Waals surface area contributed by atoms with Crippen molar-refractivity contribution in [1.82, 2.24) is 9.97 Å². The largest absolute Gasteiger partial charge is 0.322 e. The van der Waals surface area contributed by atoms with Crippen LogP contribution in [0.5, 0.6) is 0 Å². The van der Waals surface area contributed by atoms with Crippen molar-refractivity contribution >= 4 is 43.2 Å². The maximum absolute atomic E-state index is 6.26. The fourth-order valence-corrected chi connectivity index (χ4v) is 4.09. The van der Waals surface area contributed by atoms with Crippen LogP contribution in [0, 0.1) is 0 Å². The van der Waals surface area contributed by atoms with Crippen molar-refractivity contribution < 1.29 is 0 Å². The molecule has 0 saturated carbocycles. The molecule has 0 aliphatic carbocycles. The summed E-state index contributed by atoms with van der Waals surface area (Å²) in [5.74, 6) is 0. The Morgan fingerprint density at radius 3 is 2.60 bits per heavy atom. The van der Waals surface area contributed by atoms with Crippen molar-refractivity contribution in [2.24, 2.45) is 5.73 Å². The molecular weight excluding hydrogens is 402 g/mol. The summed E-state index contributed by atoms with van der Waals surface area (Å²) >= 11 is 8.57. The molecule has 6 heteroatoms. The van der Waals surface area contributed by atoms with Crippen LogP contribution in [0.1, 0.15) is 43.2 Å². The summed E-state index contributed by atoms with van der Waals surface area (Å²) in [5, 5.41) is 3.17. The van der Waals surface area contributed by atoms with E-state index in [2.05, 4.69) is 68.0 Å². The zero-order chi connectivity index (χ0) is 14.9. The molecule has 108 valence electrons. The molecule has 1 atom stereocenters. The number of aromatic nitrogens is 2. The summed E-state index contributed by atoms with van der Waals surface area (Å²) in [6.07, 6.45) is 2.47. The van der Waals surface area contributed by atoms with Gasteiger partial charge in [0.25, 0.3) is 0 Å². The number of hydrogen-bond donors (Lipinski definition) is 1. The third kappa shape index (κ3) is 3.87. The lowest BCUT2D eigenvalue weighted by atomic mass is 9.93. The van der Waals surface area contributed by atoms with Crippen molar-refractivity contribution in [2.45, 2.75) is 38.6 Å². The molecular formula is C14H17Br2N3S. The second kappa shape index (κ2) is 6.22. The first-order valence-corrected chi connectivity index (χ1v) is 8.75. The van der Waals surface area contributed by atoms with Crippen molar-refractivity contribution in [3.8, 4) is 0 Å². The van der Waals surface area contributed by atoms with Crippen LogP contribution in [0.4, 0.5) is 0 Å². The van der Waals surface area contributed by atoms with E-state index < -0.39 is 0 Å². The highest BCUT2D eigenvalue weighted by molar-refractivity contribution is 9.11. The molecule has 3 nitrogen and oxygen atoms in total. The van der Waals surface area contributed by atoms with Crippen molar-refractivity contribution in [3.05, 3.63) is 43.0 Å². The monoisotopic (exact) mass is 417 g/mol. The topological polar surface area (TPSA) is 51.8 Å². The predicted molar refractivity (Wildman–Crippen MR) is 91.1 cm³/mol. The summed E-state index contributed by atoms with van der Waals surface area (Å²) in [5.41, 5.74) is 8.31. The van der Waals surface area contributed by atoms with Crippen LogP contribution in [-0.2, 0) is 11.8 Å². The minimum absolute atomic E-state index is 0.0787. The van der Waals surface area contributed by atoms with Gasteiger partial charge in [0.05, 0.1) is 22.4 Å². The average Bonchev–Trinajstić information content (AvgIpc) is 2.76. The van der Waals surface area contributed by atoms with E-state index in [1.165, 1.54) is 0 Å². The van der Waals surface area contributed by atoms with E-state index >= 15 is 0 Å². The number of rotatable bonds is 3. The molecule has 0 saturated heterocycles. The Labute approximate surface area is 140 Å². The first-order chi connectivity index (χ1) is 9.27. The van der Waals surface area contributed by atoms with E-state index in [-0.39, 0.29) is 11.5 Å². The Balaban J connectivity index is 2.15. The lowest BCUT2D eigenvalue weighted by Gasteiger charge is -2.15. The Hall–Kier alpha value is -0.300. The maximum Gasteiger partial charge on any atom is 0.0948 e. The summed E-state index contributed by atoms with van der Waals surface area (Å²) in [6.45, 7) is 6.50. The van der Waals surface area contributed by atoms with Crippen LogP contribution in [0.15, 0.2) is 26.6 Å². The molecule has 0 aliphatic heterocycles. The van der Waals surface area contributed by atoms with E-state index in [1.54, 1.807) is 17.5 Å². The van der Waals surface area contributed by atoms with Gasteiger partial charge in [0.1, 0.15) is 0 Å². The SMILES string of the molecule is CC(C)(C)c1csc(CC(N)c2ncc(Br)cc2Br)n1. The van der Waals surface area contributed by atoms with E-state index in [9.17, 15) is 0 Å². The molecule has 0 spiro atoms. The predicted octanol–water partition coefficient (Wildman–Crippen LogP) is 4.60. The zero-order valence-corrected chi connectivity index (χ0v) is 15.6. The second-order valence-corrected chi connectivity index (χ2v) is 8.42. The van der Waals surface area contributed by atoms with Crippen LogP contribution in [0.25, 0.3) is 0 Å². The molecule has 1 unspecified atom stereocenters. The fourth-order valence-electron chi connectivity index (χ4n) is 1.73. The van der Waals surface area contributed by atoms with Gasteiger partial charge in [-0.25, -0.2) is 4.98 Å². The maximum atomic E-state index is 6.26. The molecule has 2 heterocycles. The van der Waals surface area contributed by atoms with E-state index in [4.69, 9.17) is 5.73 Å². The molecule has 0 fully saturated rings. The van der Waals surface area contributed by atoms with E-state index in [0.29, 0.717) is 6.42 Å². The molecule has 2 aromatic rings. The normalized spacial score (nSPS) is 13.5. The molecule has 0 radical (unpaired) electrons. The third-order valence-corrected chi connectivity index (χ3v) is 4.84. The number of hydrogen-bond acceptors (Lipinski definition) is 4. The van der Waals surface area contributed by atoms with Gasteiger partial charge in [0.15, 0.2) is 0 Å². The molecule has 2 N–H and O–H groups in total. The number of nitrogens with zero attached hydrogens (tertiary/aromatic N) is 2. The summed E-state index contributed by atoms with van der Waals surface area (Å²) < 4.78 is 1.86. The van der Waals surface area contributed by atoms with Gasteiger partial charge >= 0.3 is 0 Å². The van der Waals surface area contributed by atoms with Crippen molar-refractivity contribution in [2.75, 3.05) is 0 Å². The fraction of sp³-hybridized carbons (Fsp3) is 0.429. The van der Waals surface area contributed by atoms with Gasteiger partial charge in [-0.3, -0.25) is 4.98 Å². The minimum Gasteiger partial charge on any atom is -0.322 e. The number of halogens is 2. The molecule has 0 aliphatic rings. The van der Waals surface area contributed by atoms with E-state index in [0.717, 1.165) is 25.3 Å². The number of pyridine rings is 1. The van der Waals surface area contributed by atoms with E-state index in [1.807, 2.05) is 6.07 Å². The van der Waals surface area contributed by atoms with Crippen LogP contribution >= 0.6 is 43.2 Å². The first kappa shape index (κ1) is 16.1. The molecule has 2 aromatic heterocycles. The second-order valence-electron chi connectivity index (χ2n) is 5.71. The summed E-state index contributed by atoms with van der Waals surface area (Å²) in [6, 6.07) is 1.81. The van der Waals surface area contributed by atoms with Crippen LogP contribution < -0.4 is 5.73 Å². The highest BCUT2D eigenvalue weighted by Crippen LogP contribution is 2.28. The lowest BCUT2D eigenvalue weighted by molar-refractivity contribution is 0.568. The van der Waals surface area contributed by atoms with Crippen LogP contribution in [0.2, 0.25) is 0 Å². The average molecular weight is 419 g/mol. The smallest absolute Gasteiger partial charge is 0.0948 e. The Kier molecular flexibility index (Phi) is 5.00. The Morgan fingerprint density at radius 2 is 2.05 bits per heavy atom. The molecule has 20 heavy (non-hydrogen) atoms. The van der Waals surface area contributed by atoms with Gasteiger partial charge in [-0.2, -0.15) is 0 Å². The molecule has 0 amide bonds. The van der Waals surface area contributed by atoms with Crippen molar-refractivity contribution in [1.29, 1.82) is 0 Å². The standard InChI is InChI=1S/C14H17Br2N3S/c1-14(2,3)11-7-20-12(19-11)5-10(17)13-9(16)4-8(15)6-18-13/h4,6-7,10H,5,17H2,1-3H3. The Bertz CT molecular complexity index is 605. The van der Waals surface area contributed by atoms with Crippen molar-refractivity contribution in [3.63, 3.8) is 0 Å². The quantitative estimate of drug-likeness (QED) is 0.791. The molecule has 2 rings (SSSR count). The number of thiazole rings is 1. The van der Waals surface area contributed by atoms with Crippen LogP contribution in [0.3, 0.4) is 0 Å². The van der Waals surface area contributed by atoms with Gasteiger partial charge < -0.3 is 5.73 Å². The molecule has 0 aromatic carbocycles. The van der Waals surface area contributed by atoms with Gasteiger partial charge in [0, 0.05) is 32.4 Å². The van der Waals surface area contributed by atoms with Gasteiger partial charge in [-0.15, -0.1) is 11.3 Å².